The molecule has 0 saturated heterocycles. The van der Waals surface area contributed by atoms with Crippen LogP contribution in [-0.2, 0) is 0 Å². The van der Waals surface area contributed by atoms with Gasteiger partial charge < -0.3 is 10.6 Å². The van der Waals surface area contributed by atoms with E-state index in [-0.39, 0.29) is 0 Å². The second kappa shape index (κ2) is 5.21. The maximum absolute atomic E-state index is 5.84. The molecule has 0 saturated carbocycles. The Morgan fingerprint density at radius 1 is 1.47 bits per heavy atom. The third-order valence-electron chi connectivity index (χ3n) is 2.24. The Kier molecular flexibility index (Phi) is 4.21. The predicted octanol–water partition coefficient (Wildman–Crippen LogP) is 2.80. The van der Waals surface area contributed by atoms with Crippen molar-refractivity contribution in [2.75, 3.05) is 24.2 Å². The number of hydrogen-bond acceptors (Lipinski definition) is 3. The Morgan fingerprint density at radius 2 is 2.13 bits per heavy atom. The van der Waals surface area contributed by atoms with E-state index >= 15 is 0 Å². The Hall–Kier alpha value is -0.960. The highest BCUT2D eigenvalue weighted by molar-refractivity contribution is 6.29. The fourth-order valence-electron chi connectivity index (χ4n) is 1.26. The van der Waals surface area contributed by atoms with E-state index in [1.807, 2.05) is 13.1 Å². The summed E-state index contributed by atoms with van der Waals surface area (Å²) in [6, 6.07) is 3.49. The van der Waals surface area contributed by atoms with E-state index in [1.165, 1.54) is 0 Å². The van der Waals surface area contributed by atoms with Gasteiger partial charge in [0, 0.05) is 25.3 Å². The molecule has 1 heterocycles. The minimum Gasteiger partial charge on any atom is -0.399 e. The molecule has 0 bridgehead atoms. The summed E-state index contributed by atoms with van der Waals surface area (Å²) >= 11 is 5.84. The van der Waals surface area contributed by atoms with Gasteiger partial charge in [0.2, 0.25) is 0 Å². The zero-order valence-corrected chi connectivity index (χ0v) is 10.3. The maximum atomic E-state index is 5.84. The zero-order chi connectivity index (χ0) is 11.4. The molecule has 0 radical (unpaired) electrons. The first-order valence-electron chi connectivity index (χ1n) is 5.13. The van der Waals surface area contributed by atoms with Crippen LogP contribution in [-0.4, -0.2) is 18.6 Å². The van der Waals surface area contributed by atoms with Crippen molar-refractivity contribution in [1.82, 2.24) is 4.98 Å². The average molecular weight is 228 g/mol. The second-order valence-corrected chi connectivity index (χ2v) is 4.57. The van der Waals surface area contributed by atoms with Gasteiger partial charge in [0.1, 0.15) is 11.0 Å². The van der Waals surface area contributed by atoms with Gasteiger partial charge in [-0.25, -0.2) is 4.98 Å². The van der Waals surface area contributed by atoms with Crippen molar-refractivity contribution in [3.63, 3.8) is 0 Å². The van der Waals surface area contributed by atoms with Gasteiger partial charge in [-0.15, -0.1) is 0 Å². The largest absolute Gasteiger partial charge is 0.399 e. The van der Waals surface area contributed by atoms with Crippen LogP contribution < -0.4 is 10.6 Å². The molecule has 1 aromatic rings. The van der Waals surface area contributed by atoms with E-state index < -0.39 is 0 Å². The summed E-state index contributed by atoms with van der Waals surface area (Å²) in [5.74, 6) is 1.52. The van der Waals surface area contributed by atoms with Crippen LogP contribution in [0.5, 0.6) is 0 Å². The first kappa shape index (κ1) is 12.1. The molecule has 0 spiro atoms. The van der Waals surface area contributed by atoms with Gasteiger partial charge in [-0.2, -0.15) is 0 Å². The maximum Gasteiger partial charge on any atom is 0.133 e. The first-order valence-corrected chi connectivity index (χ1v) is 5.51. The van der Waals surface area contributed by atoms with Crippen LogP contribution >= 0.6 is 11.6 Å². The minimum absolute atomic E-state index is 0.446. The molecule has 0 aliphatic carbocycles. The lowest BCUT2D eigenvalue weighted by atomic mass is 10.1. The van der Waals surface area contributed by atoms with Crippen LogP contribution in [0.15, 0.2) is 12.1 Å². The van der Waals surface area contributed by atoms with Gasteiger partial charge in [0.05, 0.1) is 0 Å². The lowest BCUT2D eigenvalue weighted by Crippen LogP contribution is -2.21. The molecule has 4 heteroatoms. The van der Waals surface area contributed by atoms with Gasteiger partial charge in [-0.1, -0.05) is 25.4 Å². The number of anilines is 2. The van der Waals surface area contributed by atoms with Crippen LogP contribution in [0, 0.1) is 5.92 Å². The Labute approximate surface area is 96.2 Å². The van der Waals surface area contributed by atoms with Crippen molar-refractivity contribution in [3.8, 4) is 0 Å². The number of halogens is 1. The third kappa shape index (κ3) is 3.96. The highest BCUT2D eigenvalue weighted by Gasteiger charge is 2.05. The summed E-state index contributed by atoms with van der Waals surface area (Å²) in [6.45, 7) is 5.37. The standard InChI is InChI=1S/C11H18ClN3/c1-8(2)4-5-15(3)11-7-9(13)6-10(12)14-11/h6-8H,4-5H2,1-3H3,(H2,13,14). The highest BCUT2D eigenvalue weighted by atomic mass is 35.5. The number of nitrogen functional groups attached to an aromatic ring is 1. The SMILES string of the molecule is CC(C)CCN(C)c1cc(N)cc(Cl)n1. The number of rotatable bonds is 4. The van der Waals surface area contributed by atoms with E-state index in [0.29, 0.717) is 16.8 Å². The summed E-state index contributed by atoms with van der Waals surface area (Å²) in [5, 5.41) is 0.446. The number of nitrogens with zero attached hydrogens (tertiary/aromatic N) is 2. The summed E-state index contributed by atoms with van der Waals surface area (Å²) in [6.07, 6.45) is 1.13. The Balaban J connectivity index is 2.68. The summed E-state index contributed by atoms with van der Waals surface area (Å²) in [7, 11) is 2.00. The van der Waals surface area contributed by atoms with Gasteiger partial charge in [-0.05, 0) is 18.4 Å². The van der Waals surface area contributed by atoms with Crippen molar-refractivity contribution in [2.24, 2.45) is 5.92 Å². The van der Waals surface area contributed by atoms with Crippen LogP contribution in [0.25, 0.3) is 0 Å². The number of pyridine rings is 1. The lowest BCUT2D eigenvalue weighted by molar-refractivity contribution is 0.583. The third-order valence-corrected chi connectivity index (χ3v) is 2.43. The highest BCUT2D eigenvalue weighted by Crippen LogP contribution is 2.19. The summed E-state index contributed by atoms with van der Waals surface area (Å²) in [4.78, 5) is 6.29. The van der Waals surface area contributed by atoms with E-state index in [1.54, 1.807) is 6.07 Å². The molecule has 0 unspecified atom stereocenters. The van der Waals surface area contributed by atoms with Gasteiger partial charge in [-0.3, -0.25) is 0 Å². The first-order chi connectivity index (χ1) is 6.99. The molecule has 0 aliphatic rings. The van der Waals surface area contributed by atoms with Gasteiger partial charge in [0.15, 0.2) is 0 Å². The normalized spacial score (nSPS) is 10.7. The van der Waals surface area contributed by atoms with Crippen LogP contribution in [0.1, 0.15) is 20.3 Å². The van der Waals surface area contributed by atoms with Crippen LogP contribution in [0.4, 0.5) is 11.5 Å². The fourth-order valence-corrected chi connectivity index (χ4v) is 1.48. The van der Waals surface area contributed by atoms with Crippen molar-refractivity contribution >= 4 is 23.1 Å². The molecule has 3 nitrogen and oxygen atoms in total. The quantitative estimate of drug-likeness (QED) is 0.805. The predicted molar refractivity (Wildman–Crippen MR) is 66.4 cm³/mol. The van der Waals surface area contributed by atoms with Crippen LogP contribution in [0.3, 0.4) is 0 Å². The molecular weight excluding hydrogens is 210 g/mol. The molecule has 2 N–H and O–H groups in total. The zero-order valence-electron chi connectivity index (χ0n) is 9.50. The number of nitrogens with two attached hydrogens (primary N) is 1. The number of hydrogen-bond donors (Lipinski definition) is 1. The Morgan fingerprint density at radius 3 is 2.67 bits per heavy atom. The molecule has 0 aliphatic heterocycles. The van der Waals surface area contributed by atoms with E-state index in [4.69, 9.17) is 17.3 Å². The van der Waals surface area contributed by atoms with E-state index in [0.717, 1.165) is 18.8 Å². The monoisotopic (exact) mass is 227 g/mol. The molecule has 1 aromatic heterocycles. The molecule has 0 atom stereocenters. The van der Waals surface area contributed by atoms with Gasteiger partial charge in [0.25, 0.3) is 0 Å². The van der Waals surface area contributed by atoms with Crippen molar-refractivity contribution in [3.05, 3.63) is 17.3 Å². The molecule has 0 fully saturated rings. The van der Waals surface area contributed by atoms with Crippen LogP contribution in [0.2, 0.25) is 5.15 Å². The minimum atomic E-state index is 0.446. The van der Waals surface area contributed by atoms with Crippen molar-refractivity contribution in [1.29, 1.82) is 0 Å². The van der Waals surface area contributed by atoms with Crippen molar-refractivity contribution < 1.29 is 0 Å². The molecule has 15 heavy (non-hydrogen) atoms. The molecule has 0 aromatic carbocycles. The lowest BCUT2D eigenvalue weighted by Gasteiger charge is -2.19. The van der Waals surface area contributed by atoms with E-state index in [9.17, 15) is 0 Å². The second-order valence-electron chi connectivity index (χ2n) is 4.19. The Bertz CT molecular complexity index is 305. The summed E-state index contributed by atoms with van der Waals surface area (Å²) in [5.41, 5.74) is 6.36. The molecule has 1 rings (SSSR count). The topological polar surface area (TPSA) is 42.1 Å². The number of aromatic nitrogens is 1. The molecule has 0 amide bonds. The average Bonchev–Trinajstić information content (AvgIpc) is 2.12. The fraction of sp³-hybridized carbons (Fsp3) is 0.545. The molecular formula is C11H18ClN3. The van der Waals surface area contributed by atoms with Crippen molar-refractivity contribution in [2.45, 2.75) is 20.3 Å². The van der Waals surface area contributed by atoms with Gasteiger partial charge >= 0.3 is 0 Å². The van der Waals surface area contributed by atoms with E-state index in [2.05, 4.69) is 23.7 Å². The molecule has 84 valence electrons. The summed E-state index contributed by atoms with van der Waals surface area (Å²) < 4.78 is 0. The smallest absolute Gasteiger partial charge is 0.133 e.